The van der Waals surface area contributed by atoms with E-state index in [0.717, 1.165) is 55.3 Å². The van der Waals surface area contributed by atoms with E-state index in [-0.39, 0.29) is 0 Å². The average Bonchev–Trinajstić information content (AvgIpc) is 3.79. The molecular weight excluding hydrogens is 667 g/mol. The molecule has 3 heterocycles. The summed E-state index contributed by atoms with van der Waals surface area (Å²) in [5, 5.41) is 4.47. The fourth-order valence-electron chi connectivity index (χ4n) is 8.40. The molecule has 0 fully saturated rings. The molecule has 0 aliphatic carbocycles. The Labute approximate surface area is 323 Å². The van der Waals surface area contributed by atoms with Crippen molar-refractivity contribution in [1.29, 1.82) is 0 Å². The Balaban J connectivity index is 1.16. The summed E-state index contributed by atoms with van der Waals surface area (Å²) in [7, 11) is 11.1. The highest BCUT2D eigenvalue weighted by Crippen LogP contribution is 2.40. The van der Waals surface area contributed by atoms with E-state index in [1.54, 1.807) is 0 Å². The van der Waals surface area contributed by atoms with Crippen molar-refractivity contribution in [2.24, 2.45) is 0 Å². The number of aromatic nitrogens is 4. The number of rotatable bonds is 5. The van der Waals surface area contributed by atoms with Gasteiger partial charge in [0.05, 0.1) is 22.3 Å². The molecule has 0 aliphatic rings. The minimum Gasteiger partial charge on any atom is -0.453 e. The van der Waals surface area contributed by atoms with Crippen LogP contribution in [0, 0.1) is 0 Å². The van der Waals surface area contributed by atoms with Crippen LogP contribution in [0.25, 0.3) is 94.7 Å². The van der Waals surface area contributed by atoms with Gasteiger partial charge in [-0.15, -0.1) is 16.4 Å². The van der Waals surface area contributed by atoms with Crippen molar-refractivity contribution in [3.05, 3.63) is 140 Å². The zero-order valence-corrected chi connectivity index (χ0v) is 31.5. The fourth-order valence-corrected chi connectivity index (χ4v) is 8.40. The number of hydrogen-bond acceptors (Lipinski definition) is 4. The van der Waals surface area contributed by atoms with Crippen molar-refractivity contribution in [1.82, 2.24) is 19.5 Å². The zero-order valence-electron chi connectivity index (χ0n) is 31.5. The maximum atomic E-state index is 6.98. The standard InChI is InChI=1S/C45H33B5N4O/c46-36-35(37(47)39(49)40(50)38(36)48)24-20-22-26(23-21-24)44-51-43(25-10-2-1-3-11-25)52-45(53-44)31-16-8-14-29-30-15-9-19-34(42(30)55-41(29)31)54-32-17-6-4-12-27(32)28-13-5-7-18-33(28)54/h1-23H,46-50H2. The molecule has 0 unspecified atom stereocenters. The molecule has 10 aromatic rings. The van der Waals surface area contributed by atoms with Crippen LogP contribution in [-0.2, 0) is 0 Å². The van der Waals surface area contributed by atoms with Crippen molar-refractivity contribution in [2.45, 2.75) is 0 Å². The number of nitrogens with zero attached hydrogens (tertiary/aromatic N) is 4. The lowest BCUT2D eigenvalue weighted by Crippen LogP contribution is -2.55. The SMILES string of the molecule is Bc1c(B)c(B)c(-c2ccc(-c3nc(-c4ccccc4)nc(-c4cccc5c4oc4c(-n6c7ccccc7c7ccccc76)cccc45)n3)cc2)c(B)c1B. The first-order chi connectivity index (χ1) is 26.9. The second-order valence-electron chi connectivity index (χ2n) is 14.6. The molecule has 254 valence electrons. The van der Waals surface area contributed by atoms with E-state index in [1.165, 1.54) is 49.2 Å². The first-order valence-electron chi connectivity index (χ1n) is 18.8. The van der Waals surface area contributed by atoms with Gasteiger partial charge in [-0.2, -0.15) is 0 Å². The van der Waals surface area contributed by atoms with Crippen LogP contribution < -0.4 is 27.3 Å². The first-order valence-corrected chi connectivity index (χ1v) is 18.8. The van der Waals surface area contributed by atoms with E-state index < -0.39 is 0 Å². The number of para-hydroxylation sites is 4. The van der Waals surface area contributed by atoms with E-state index in [1.807, 2.05) is 30.3 Å². The van der Waals surface area contributed by atoms with E-state index in [9.17, 15) is 0 Å². The zero-order chi connectivity index (χ0) is 37.4. The Kier molecular flexibility index (Phi) is 7.70. The lowest BCUT2D eigenvalue weighted by atomic mass is 9.59. The Hall–Kier alpha value is -6.53. The van der Waals surface area contributed by atoms with Gasteiger partial charge in [0.2, 0.25) is 0 Å². The highest BCUT2D eigenvalue weighted by molar-refractivity contribution is 6.68. The highest BCUT2D eigenvalue weighted by atomic mass is 16.3. The minimum atomic E-state index is 0.562. The van der Waals surface area contributed by atoms with Crippen LogP contribution in [0.3, 0.4) is 0 Å². The molecule has 55 heavy (non-hydrogen) atoms. The van der Waals surface area contributed by atoms with Crippen molar-refractivity contribution >= 4 is 110 Å². The molecule has 0 bridgehead atoms. The number of hydrogen-bond donors (Lipinski definition) is 0. The number of furan rings is 1. The van der Waals surface area contributed by atoms with E-state index in [0.29, 0.717) is 17.5 Å². The van der Waals surface area contributed by atoms with E-state index in [2.05, 4.69) is 153 Å². The van der Waals surface area contributed by atoms with E-state index >= 15 is 0 Å². The second kappa shape index (κ2) is 12.8. The summed E-state index contributed by atoms with van der Waals surface area (Å²) in [5.41, 5.74) is 16.7. The smallest absolute Gasteiger partial charge is 0.167 e. The molecule has 0 N–H and O–H groups in total. The molecule has 0 saturated heterocycles. The lowest BCUT2D eigenvalue weighted by Gasteiger charge is -2.20. The van der Waals surface area contributed by atoms with Gasteiger partial charge < -0.3 is 8.98 Å². The predicted octanol–water partition coefficient (Wildman–Crippen LogP) is 2.83. The lowest BCUT2D eigenvalue weighted by molar-refractivity contribution is 0.667. The Bertz CT molecular complexity index is 3070. The Morgan fingerprint density at radius 1 is 0.382 bits per heavy atom. The van der Waals surface area contributed by atoms with Gasteiger partial charge in [0, 0.05) is 32.7 Å². The molecular formula is C45H33B5N4O. The summed E-state index contributed by atoms with van der Waals surface area (Å²) in [5.74, 6) is 1.78. The molecule has 0 saturated carbocycles. The Morgan fingerprint density at radius 3 is 1.49 bits per heavy atom. The summed E-state index contributed by atoms with van der Waals surface area (Å²) in [6.07, 6.45) is 0. The van der Waals surface area contributed by atoms with Crippen molar-refractivity contribution in [3.63, 3.8) is 0 Å². The monoisotopic (exact) mass is 700 g/mol. The molecule has 0 radical (unpaired) electrons. The summed E-state index contributed by atoms with van der Waals surface area (Å²) in [6.45, 7) is 0. The molecule has 10 heteroatoms. The van der Waals surface area contributed by atoms with Gasteiger partial charge in [-0.1, -0.05) is 126 Å². The topological polar surface area (TPSA) is 56.7 Å². The normalized spacial score (nSPS) is 11.6. The molecule has 3 aromatic heterocycles. The summed E-state index contributed by atoms with van der Waals surface area (Å²) >= 11 is 0. The van der Waals surface area contributed by atoms with Crippen LogP contribution in [0.1, 0.15) is 0 Å². The van der Waals surface area contributed by atoms with Crippen LogP contribution in [0.5, 0.6) is 0 Å². The number of fused-ring (bicyclic) bond motifs is 6. The third-order valence-corrected chi connectivity index (χ3v) is 11.7. The van der Waals surface area contributed by atoms with Crippen LogP contribution >= 0.6 is 0 Å². The predicted molar refractivity (Wildman–Crippen MR) is 244 cm³/mol. The minimum absolute atomic E-state index is 0.562. The molecule has 0 amide bonds. The van der Waals surface area contributed by atoms with Crippen LogP contribution in [0.15, 0.2) is 144 Å². The van der Waals surface area contributed by atoms with Gasteiger partial charge in [-0.05, 0) is 35.4 Å². The quantitative estimate of drug-likeness (QED) is 0.260. The Morgan fingerprint density at radius 2 is 0.855 bits per heavy atom. The first kappa shape index (κ1) is 33.1. The average molecular weight is 700 g/mol. The maximum absolute atomic E-state index is 6.98. The van der Waals surface area contributed by atoms with Crippen LogP contribution in [0.4, 0.5) is 0 Å². The molecule has 0 spiro atoms. The molecule has 10 rings (SSSR count). The largest absolute Gasteiger partial charge is 0.453 e. The molecule has 5 nitrogen and oxygen atoms in total. The van der Waals surface area contributed by atoms with Gasteiger partial charge in [0.25, 0.3) is 0 Å². The molecule has 0 atom stereocenters. The maximum Gasteiger partial charge on any atom is 0.167 e. The van der Waals surface area contributed by atoms with Gasteiger partial charge in [-0.3, -0.25) is 0 Å². The third kappa shape index (κ3) is 5.19. The van der Waals surface area contributed by atoms with Gasteiger partial charge in [0.15, 0.2) is 23.1 Å². The van der Waals surface area contributed by atoms with Gasteiger partial charge in [0.1, 0.15) is 44.8 Å². The number of benzene rings is 7. The molecule has 7 aromatic carbocycles. The second-order valence-corrected chi connectivity index (χ2v) is 14.6. The van der Waals surface area contributed by atoms with Crippen molar-refractivity contribution in [3.8, 4) is 51.0 Å². The summed E-state index contributed by atoms with van der Waals surface area (Å²) in [4.78, 5) is 15.3. The summed E-state index contributed by atoms with van der Waals surface area (Å²) < 4.78 is 9.29. The van der Waals surface area contributed by atoms with Crippen LogP contribution in [0.2, 0.25) is 0 Å². The van der Waals surface area contributed by atoms with Gasteiger partial charge >= 0.3 is 0 Å². The third-order valence-electron chi connectivity index (χ3n) is 11.7. The van der Waals surface area contributed by atoms with Crippen molar-refractivity contribution < 1.29 is 4.42 Å². The molecule has 0 aliphatic heterocycles. The van der Waals surface area contributed by atoms with Crippen LogP contribution in [-0.4, -0.2) is 58.8 Å². The fraction of sp³-hybridized carbons (Fsp3) is 0. The highest BCUT2D eigenvalue weighted by Gasteiger charge is 2.21. The van der Waals surface area contributed by atoms with E-state index in [4.69, 9.17) is 19.4 Å². The van der Waals surface area contributed by atoms with Crippen molar-refractivity contribution in [2.75, 3.05) is 0 Å². The van der Waals surface area contributed by atoms with Gasteiger partial charge in [-0.25, -0.2) is 15.0 Å². The summed E-state index contributed by atoms with van der Waals surface area (Å²) in [6, 6.07) is 48.5.